The second-order valence-electron chi connectivity index (χ2n) is 4.55. The van der Waals surface area contributed by atoms with Gasteiger partial charge < -0.3 is 10.3 Å². The predicted molar refractivity (Wildman–Crippen MR) is 80.8 cm³/mol. The minimum atomic E-state index is 0.172. The van der Waals surface area contributed by atoms with Crippen molar-refractivity contribution in [2.75, 3.05) is 0 Å². The van der Waals surface area contributed by atoms with E-state index < -0.39 is 0 Å². The molecule has 2 rings (SSSR count). The highest BCUT2D eigenvalue weighted by molar-refractivity contribution is 7.99. The van der Waals surface area contributed by atoms with Gasteiger partial charge in [-0.15, -0.1) is 0 Å². The average Bonchev–Trinajstić information content (AvgIpc) is 2.78. The smallest absolute Gasteiger partial charge is 0.172 e. The number of rotatable bonds is 5. The third-order valence-electron chi connectivity index (χ3n) is 3.02. The van der Waals surface area contributed by atoms with Crippen LogP contribution in [0.2, 0.25) is 5.02 Å². The molecule has 1 heterocycles. The molecule has 3 nitrogen and oxygen atoms in total. The van der Waals surface area contributed by atoms with Gasteiger partial charge in [-0.1, -0.05) is 36.4 Å². The second-order valence-corrected chi connectivity index (χ2v) is 6.00. The lowest BCUT2D eigenvalue weighted by Gasteiger charge is -2.11. The summed E-state index contributed by atoms with van der Waals surface area (Å²) in [5.74, 6) is 0. The molecule has 1 aromatic heterocycles. The van der Waals surface area contributed by atoms with Crippen molar-refractivity contribution < 1.29 is 0 Å². The van der Waals surface area contributed by atoms with Crippen LogP contribution in [0.15, 0.2) is 40.6 Å². The molecule has 0 aliphatic carbocycles. The Kier molecular flexibility index (Phi) is 4.91. The van der Waals surface area contributed by atoms with Gasteiger partial charge in [0, 0.05) is 35.4 Å². The number of hydrogen-bond donors (Lipinski definition) is 1. The summed E-state index contributed by atoms with van der Waals surface area (Å²) >= 11 is 7.92. The van der Waals surface area contributed by atoms with Crippen LogP contribution >= 0.6 is 23.4 Å². The maximum absolute atomic E-state index is 6.31. The standard InChI is InChI=1S/C14H18ClN3S/c1-3-11(16)8-10-4-5-12(9-13(10)15)19-14-17-6-7-18(14)2/h4-7,9,11H,3,8,16H2,1-2H3. The van der Waals surface area contributed by atoms with Gasteiger partial charge in [-0.25, -0.2) is 4.98 Å². The van der Waals surface area contributed by atoms with E-state index in [0.717, 1.165) is 33.5 Å². The molecule has 0 saturated heterocycles. The molecule has 0 aliphatic rings. The highest BCUT2D eigenvalue weighted by atomic mass is 35.5. The first-order valence-corrected chi connectivity index (χ1v) is 7.48. The molecule has 0 spiro atoms. The third-order valence-corrected chi connectivity index (χ3v) is 4.43. The largest absolute Gasteiger partial charge is 0.329 e. The molecule has 0 radical (unpaired) electrons. The Morgan fingerprint density at radius 3 is 2.84 bits per heavy atom. The Hall–Kier alpha value is -0.970. The summed E-state index contributed by atoms with van der Waals surface area (Å²) in [5, 5.41) is 1.73. The molecule has 0 fully saturated rings. The summed E-state index contributed by atoms with van der Waals surface area (Å²) in [5.41, 5.74) is 7.08. The molecule has 1 aromatic carbocycles. The summed E-state index contributed by atoms with van der Waals surface area (Å²) in [6.45, 7) is 2.09. The zero-order chi connectivity index (χ0) is 13.8. The summed E-state index contributed by atoms with van der Waals surface area (Å²) in [4.78, 5) is 5.38. The molecule has 0 bridgehead atoms. The van der Waals surface area contributed by atoms with Crippen LogP contribution in [-0.2, 0) is 13.5 Å². The minimum Gasteiger partial charge on any atom is -0.329 e. The Bertz CT molecular complexity index is 553. The molecule has 0 amide bonds. The fraction of sp³-hybridized carbons (Fsp3) is 0.357. The van der Waals surface area contributed by atoms with Crippen molar-refractivity contribution in [1.82, 2.24) is 9.55 Å². The predicted octanol–water partition coefficient (Wildman–Crippen LogP) is 3.50. The zero-order valence-corrected chi connectivity index (χ0v) is 12.7. The van der Waals surface area contributed by atoms with Crippen molar-refractivity contribution in [1.29, 1.82) is 0 Å². The lowest BCUT2D eigenvalue weighted by molar-refractivity contribution is 0.646. The van der Waals surface area contributed by atoms with Crippen LogP contribution in [0.25, 0.3) is 0 Å². The Morgan fingerprint density at radius 1 is 1.47 bits per heavy atom. The molecular formula is C14H18ClN3S. The van der Waals surface area contributed by atoms with E-state index in [-0.39, 0.29) is 6.04 Å². The topological polar surface area (TPSA) is 43.8 Å². The third kappa shape index (κ3) is 3.75. The van der Waals surface area contributed by atoms with Crippen molar-refractivity contribution in [3.8, 4) is 0 Å². The molecule has 1 unspecified atom stereocenters. The van der Waals surface area contributed by atoms with Gasteiger partial charge in [-0.3, -0.25) is 0 Å². The Labute approximate surface area is 123 Å². The van der Waals surface area contributed by atoms with E-state index in [2.05, 4.69) is 24.0 Å². The van der Waals surface area contributed by atoms with Crippen molar-refractivity contribution >= 4 is 23.4 Å². The van der Waals surface area contributed by atoms with Crippen molar-refractivity contribution in [3.63, 3.8) is 0 Å². The van der Waals surface area contributed by atoms with Gasteiger partial charge in [0.05, 0.1) is 0 Å². The molecule has 102 valence electrons. The average molecular weight is 296 g/mol. The summed E-state index contributed by atoms with van der Waals surface area (Å²) in [6, 6.07) is 6.29. The van der Waals surface area contributed by atoms with Gasteiger partial charge in [0.15, 0.2) is 5.16 Å². The van der Waals surface area contributed by atoms with Gasteiger partial charge >= 0.3 is 0 Å². The van der Waals surface area contributed by atoms with Gasteiger partial charge in [0.1, 0.15) is 0 Å². The number of nitrogens with zero attached hydrogens (tertiary/aromatic N) is 2. The Balaban J connectivity index is 2.12. The van der Waals surface area contributed by atoms with Crippen LogP contribution < -0.4 is 5.73 Å². The van der Waals surface area contributed by atoms with Gasteiger partial charge in [0.25, 0.3) is 0 Å². The number of benzene rings is 1. The molecule has 19 heavy (non-hydrogen) atoms. The normalized spacial score (nSPS) is 12.6. The number of hydrogen-bond acceptors (Lipinski definition) is 3. The van der Waals surface area contributed by atoms with E-state index in [1.165, 1.54) is 0 Å². The zero-order valence-electron chi connectivity index (χ0n) is 11.1. The summed E-state index contributed by atoms with van der Waals surface area (Å²) < 4.78 is 1.99. The van der Waals surface area contributed by atoms with Crippen LogP contribution in [0, 0.1) is 0 Å². The second kappa shape index (κ2) is 6.46. The first-order chi connectivity index (χ1) is 9.10. The molecule has 5 heteroatoms. The monoisotopic (exact) mass is 295 g/mol. The first kappa shape index (κ1) is 14.4. The van der Waals surface area contributed by atoms with Crippen molar-refractivity contribution in [3.05, 3.63) is 41.2 Å². The Morgan fingerprint density at radius 2 is 2.26 bits per heavy atom. The van der Waals surface area contributed by atoms with E-state index in [4.69, 9.17) is 17.3 Å². The molecule has 2 N–H and O–H groups in total. The minimum absolute atomic E-state index is 0.172. The molecule has 2 aromatic rings. The van der Waals surface area contributed by atoms with Crippen LogP contribution in [0.3, 0.4) is 0 Å². The van der Waals surface area contributed by atoms with E-state index in [0.29, 0.717) is 0 Å². The van der Waals surface area contributed by atoms with E-state index in [1.807, 2.05) is 23.9 Å². The number of aryl methyl sites for hydroxylation is 1. The molecular weight excluding hydrogens is 278 g/mol. The molecule has 1 atom stereocenters. The van der Waals surface area contributed by atoms with Gasteiger partial charge in [-0.2, -0.15) is 0 Å². The number of imidazole rings is 1. The molecule has 0 aliphatic heterocycles. The lowest BCUT2D eigenvalue weighted by Crippen LogP contribution is -2.21. The van der Waals surface area contributed by atoms with E-state index in [1.54, 1.807) is 18.0 Å². The molecule has 0 saturated carbocycles. The first-order valence-electron chi connectivity index (χ1n) is 6.29. The van der Waals surface area contributed by atoms with Crippen LogP contribution in [-0.4, -0.2) is 15.6 Å². The summed E-state index contributed by atoms with van der Waals surface area (Å²) in [6.07, 6.45) is 5.50. The summed E-state index contributed by atoms with van der Waals surface area (Å²) in [7, 11) is 1.98. The van der Waals surface area contributed by atoms with E-state index >= 15 is 0 Å². The number of aromatic nitrogens is 2. The van der Waals surface area contributed by atoms with Gasteiger partial charge in [-0.05, 0) is 30.5 Å². The highest BCUT2D eigenvalue weighted by Crippen LogP contribution is 2.30. The maximum Gasteiger partial charge on any atom is 0.172 e. The van der Waals surface area contributed by atoms with Crippen LogP contribution in [0.1, 0.15) is 18.9 Å². The lowest BCUT2D eigenvalue weighted by atomic mass is 10.1. The number of halogens is 1. The fourth-order valence-corrected chi connectivity index (χ4v) is 2.90. The van der Waals surface area contributed by atoms with Gasteiger partial charge in [0.2, 0.25) is 0 Å². The highest BCUT2D eigenvalue weighted by Gasteiger charge is 2.08. The fourth-order valence-electron chi connectivity index (χ4n) is 1.74. The van der Waals surface area contributed by atoms with Crippen LogP contribution in [0.5, 0.6) is 0 Å². The number of nitrogens with two attached hydrogens (primary N) is 1. The van der Waals surface area contributed by atoms with Crippen molar-refractivity contribution in [2.45, 2.75) is 35.9 Å². The quantitative estimate of drug-likeness (QED) is 0.918. The SMILES string of the molecule is CCC(N)Cc1ccc(Sc2nccn2C)cc1Cl. The maximum atomic E-state index is 6.31. The van der Waals surface area contributed by atoms with Crippen LogP contribution in [0.4, 0.5) is 0 Å². The van der Waals surface area contributed by atoms with E-state index in [9.17, 15) is 0 Å². The van der Waals surface area contributed by atoms with Crippen molar-refractivity contribution in [2.24, 2.45) is 12.8 Å².